The fourth-order valence-electron chi connectivity index (χ4n) is 0.481. The van der Waals surface area contributed by atoms with E-state index >= 15 is 0 Å². The van der Waals surface area contributed by atoms with Crippen molar-refractivity contribution in [2.45, 2.75) is 0 Å². The van der Waals surface area contributed by atoms with Crippen LogP contribution in [0.5, 0.6) is 5.75 Å². The van der Waals surface area contributed by atoms with E-state index in [0.717, 1.165) is 0 Å². The summed E-state index contributed by atoms with van der Waals surface area (Å²) in [6, 6.07) is 4.51. The van der Waals surface area contributed by atoms with Crippen LogP contribution < -0.4 is 0 Å². The largest absolute Gasteiger partial charge is 0.506 e. The third-order valence-electron chi connectivity index (χ3n) is 0.910. The third-order valence-corrected chi connectivity index (χ3v) is 1.45. The van der Waals surface area contributed by atoms with Crippen LogP contribution in [0, 0.1) is 0 Å². The summed E-state index contributed by atoms with van der Waals surface area (Å²) in [6.45, 7) is 0. The average Bonchev–Trinajstić information content (AvgIpc) is 1.80. The first kappa shape index (κ1) is 10.6. The molecule has 0 aliphatic heterocycles. The Balaban J connectivity index is 0.000000810. The van der Waals surface area contributed by atoms with Gasteiger partial charge in [-0.05, 0) is 18.2 Å². The van der Waals surface area contributed by atoms with Gasteiger partial charge in [0, 0.05) is 34.6 Å². The van der Waals surface area contributed by atoms with Gasteiger partial charge >= 0.3 is 0 Å². The summed E-state index contributed by atoms with van der Waals surface area (Å²) in [5, 5.41) is 9.66. The molecule has 1 N–H and O–H groups in total. The molecule has 10 heavy (non-hydrogen) atoms. The molecule has 1 aromatic carbocycles. The molecular weight excluding hydrogens is 182 g/mol. The second-order valence-electron chi connectivity index (χ2n) is 1.60. The van der Waals surface area contributed by atoms with Crippen LogP contribution in [-0.4, -0.2) is 34.7 Å². The van der Waals surface area contributed by atoms with Crippen molar-refractivity contribution in [1.29, 1.82) is 0 Å². The van der Waals surface area contributed by atoms with E-state index in [-0.39, 0.29) is 40.3 Å². The van der Waals surface area contributed by atoms with Crippen LogP contribution in [0.4, 0.5) is 0 Å². The van der Waals surface area contributed by atoms with E-state index in [1.165, 1.54) is 12.1 Å². The van der Waals surface area contributed by atoms with E-state index in [4.69, 9.17) is 28.3 Å². The molecule has 0 aliphatic carbocycles. The molecule has 0 amide bonds. The van der Waals surface area contributed by atoms with Gasteiger partial charge < -0.3 is 5.11 Å². The molecule has 0 heterocycles. The van der Waals surface area contributed by atoms with Crippen molar-refractivity contribution in [2.75, 3.05) is 0 Å². The SMILES string of the molecule is Oc1ccc(Cl)cc1Cl.[Na]. The normalized spacial score (nSPS) is 8.60. The number of hydrogen-bond donors (Lipinski definition) is 1. The number of hydrogen-bond acceptors (Lipinski definition) is 1. The molecule has 0 saturated carbocycles. The fourth-order valence-corrected chi connectivity index (χ4v) is 0.890. The van der Waals surface area contributed by atoms with Crippen molar-refractivity contribution in [1.82, 2.24) is 0 Å². The van der Waals surface area contributed by atoms with Crippen molar-refractivity contribution < 1.29 is 5.11 Å². The Morgan fingerprint density at radius 1 is 1.20 bits per heavy atom. The smallest absolute Gasteiger partial charge is 0.134 e. The Labute approximate surface area is 91.2 Å². The minimum absolute atomic E-state index is 0. The predicted octanol–water partition coefficient (Wildman–Crippen LogP) is 2.32. The predicted molar refractivity (Wildman–Crippen MR) is 43.9 cm³/mol. The zero-order chi connectivity index (χ0) is 6.85. The topological polar surface area (TPSA) is 20.2 Å². The van der Waals surface area contributed by atoms with E-state index in [2.05, 4.69) is 0 Å². The van der Waals surface area contributed by atoms with Gasteiger partial charge in [-0.3, -0.25) is 0 Å². The summed E-state index contributed by atoms with van der Waals surface area (Å²) in [5.74, 6) is 0.0565. The van der Waals surface area contributed by atoms with E-state index in [1.54, 1.807) is 6.07 Å². The summed E-state index contributed by atoms with van der Waals surface area (Å²) < 4.78 is 0. The maximum atomic E-state index is 8.85. The first-order chi connectivity index (χ1) is 4.20. The van der Waals surface area contributed by atoms with Crippen molar-refractivity contribution in [3.05, 3.63) is 28.2 Å². The molecule has 0 aromatic heterocycles. The monoisotopic (exact) mass is 185 g/mol. The minimum atomic E-state index is 0. The Kier molecular flexibility index (Phi) is 4.74. The quantitative estimate of drug-likeness (QED) is 0.616. The Bertz CT molecular complexity index is 227. The van der Waals surface area contributed by atoms with Crippen molar-refractivity contribution in [3.8, 4) is 5.75 Å². The summed E-state index contributed by atoms with van der Waals surface area (Å²) in [4.78, 5) is 0. The average molecular weight is 186 g/mol. The molecule has 1 aromatic rings. The van der Waals surface area contributed by atoms with Gasteiger partial charge in [0.2, 0.25) is 0 Å². The number of halogens is 2. The number of benzene rings is 1. The number of rotatable bonds is 0. The van der Waals surface area contributed by atoms with Crippen LogP contribution in [-0.2, 0) is 0 Å². The number of phenolic OH excluding ortho intramolecular Hbond substituents is 1. The molecule has 0 unspecified atom stereocenters. The van der Waals surface area contributed by atoms with E-state index in [0.29, 0.717) is 5.02 Å². The molecule has 0 spiro atoms. The zero-order valence-corrected chi connectivity index (χ0v) is 8.95. The molecule has 0 atom stereocenters. The van der Waals surface area contributed by atoms with Crippen LogP contribution >= 0.6 is 23.2 Å². The standard InChI is InChI=1S/C6H4Cl2O.Na/c7-4-1-2-6(9)5(8)3-4;/h1-3,9H;. The molecule has 4 heteroatoms. The van der Waals surface area contributed by atoms with Crippen LogP contribution in [0.3, 0.4) is 0 Å². The molecule has 0 aliphatic rings. The Morgan fingerprint density at radius 3 is 2.20 bits per heavy atom. The summed E-state index contributed by atoms with van der Waals surface area (Å²) in [7, 11) is 0. The van der Waals surface area contributed by atoms with E-state index < -0.39 is 0 Å². The van der Waals surface area contributed by atoms with Gasteiger partial charge in [0.25, 0.3) is 0 Å². The van der Waals surface area contributed by atoms with Crippen LogP contribution in [0.25, 0.3) is 0 Å². The van der Waals surface area contributed by atoms with Crippen LogP contribution in [0.15, 0.2) is 18.2 Å². The van der Waals surface area contributed by atoms with Crippen molar-refractivity contribution in [2.24, 2.45) is 0 Å². The Hall–Kier alpha value is 0.600. The van der Waals surface area contributed by atoms with Crippen LogP contribution in [0.2, 0.25) is 10.0 Å². The van der Waals surface area contributed by atoms with E-state index in [1.807, 2.05) is 0 Å². The van der Waals surface area contributed by atoms with E-state index in [9.17, 15) is 0 Å². The van der Waals surface area contributed by atoms with Gasteiger partial charge in [-0.25, -0.2) is 0 Å². The third kappa shape index (κ3) is 2.69. The number of aromatic hydroxyl groups is 1. The van der Waals surface area contributed by atoms with Gasteiger partial charge in [0.05, 0.1) is 5.02 Å². The molecule has 0 fully saturated rings. The number of phenols is 1. The van der Waals surface area contributed by atoms with Gasteiger partial charge in [0.15, 0.2) is 0 Å². The first-order valence-corrected chi connectivity index (χ1v) is 3.10. The van der Waals surface area contributed by atoms with Crippen LogP contribution in [0.1, 0.15) is 0 Å². The molecule has 1 radical (unpaired) electrons. The van der Waals surface area contributed by atoms with Gasteiger partial charge in [-0.15, -0.1) is 0 Å². The molecule has 0 saturated heterocycles. The molecule has 49 valence electrons. The van der Waals surface area contributed by atoms with Crippen molar-refractivity contribution >= 4 is 52.8 Å². The Morgan fingerprint density at radius 2 is 1.80 bits per heavy atom. The zero-order valence-electron chi connectivity index (χ0n) is 5.44. The molecule has 1 rings (SSSR count). The second kappa shape index (κ2) is 4.47. The minimum Gasteiger partial charge on any atom is -0.506 e. The molecular formula is C6H4Cl2NaO. The fraction of sp³-hybridized carbons (Fsp3) is 0. The summed E-state index contributed by atoms with van der Waals surface area (Å²) >= 11 is 11.0. The van der Waals surface area contributed by atoms with Gasteiger partial charge in [0.1, 0.15) is 5.75 Å². The maximum absolute atomic E-state index is 8.85. The second-order valence-corrected chi connectivity index (χ2v) is 2.44. The summed E-state index contributed by atoms with van der Waals surface area (Å²) in [5.41, 5.74) is 0. The van der Waals surface area contributed by atoms with Gasteiger partial charge in [-0.2, -0.15) is 0 Å². The molecule has 0 bridgehead atoms. The van der Waals surface area contributed by atoms with Gasteiger partial charge in [-0.1, -0.05) is 23.2 Å². The molecule has 1 nitrogen and oxygen atoms in total. The van der Waals surface area contributed by atoms with Crippen molar-refractivity contribution in [3.63, 3.8) is 0 Å². The maximum Gasteiger partial charge on any atom is 0.134 e. The summed E-state index contributed by atoms with van der Waals surface area (Å²) in [6.07, 6.45) is 0. The first-order valence-electron chi connectivity index (χ1n) is 2.34.